The number of aliphatic hydroxyl groups is 1. The first-order valence-corrected chi connectivity index (χ1v) is 16.5. The molecule has 4 aromatic rings. The van der Waals surface area contributed by atoms with E-state index in [0.717, 1.165) is 59.0 Å². The highest BCUT2D eigenvalue weighted by Gasteiger charge is 2.20. The summed E-state index contributed by atoms with van der Waals surface area (Å²) in [5.41, 5.74) is 23.2. The molecule has 5 rings (SSSR count). The minimum atomic E-state index is -1.16. The summed E-state index contributed by atoms with van der Waals surface area (Å²) in [6.07, 6.45) is 7.44. The molecule has 0 spiro atoms. The second kappa shape index (κ2) is 16.1. The first-order valence-electron chi connectivity index (χ1n) is 16.1. The molecule has 0 amide bonds. The SMILES string of the molecule is Cc1ccncc1NC[C@@H](CCN=C(N)N)NCc1ccc(N2C=c3cc(-c4cc(CCC[C@H](C)N)cc(Cl)c4F)[nH]c3=NC2O)cc1. The maximum absolute atomic E-state index is 15.2. The van der Waals surface area contributed by atoms with E-state index in [9.17, 15) is 5.11 Å². The number of halogens is 2. The Labute approximate surface area is 284 Å². The van der Waals surface area contributed by atoms with Gasteiger partial charge in [-0.2, -0.15) is 0 Å². The van der Waals surface area contributed by atoms with E-state index >= 15 is 4.39 Å². The average Bonchev–Trinajstić information content (AvgIpc) is 3.46. The fourth-order valence-corrected chi connectivity index (χ4v) is 5.82. The van der Waals surface area contributed by atoms with Gasteiger partial charge in [0.15, 0.2) is 11.8 Å². The fourth-order valence-electron chi connectivity index (χ4n) is 5.58. The van der Waals surface area contributed by atoms with Crippen molar-refractivity contribution in [1.29, 1.82) is 0 Å². The zero-order chi connectivity index (χ0) is 34.2. The highest BCUT2D eigenvalue weighted by Crippen LogP contribution is 2.29. The lowest BCUT2D eigenvalue weighted by molar-refractivity contribution is 0.186. The number of pyridine rings is 1. The van der Waals surface area contributed by atoms with Gasteiger partial charge in [0.05, 0.1) is 22.6 Å². The van der Waals surface area contributed by atoms with Crippen LogP contribution in [-0.2, 0) is 13.0 Å². The molecule has 3 atom stereocenters. The molecule has 11 nitrogen and oxygen atoms in total. The van der Waals surface area contributed by atoms with Gasteiger partial charge in [-0.15, -0.1) is 0 Å². The number of aromatic nitrogens is 2. The lowest BCUT2D eigenvalue weighted by atomic mass is 10.0. The van der Waals surface area contributed by atoms with Crippen LogP contribution in [0.1, 0.15) is 42.9 Å². The van der Waals surface area contributed by atoms with Crippen LogP contribution >= 0.6 is 11.6 Å². The van der Waals surface area contributed by atoms with Gasteiger partial charge in [0, 0.05) is 60.6 Å². The molecule has 0 aliphatic carbocycles. The van der Waals surface area contributed by atoms with Crippen LogP contribution in [-0.4, -0.2) is 52.6 Å². The predicted octanol–water partition coefficient (Wildman–Crippen LogP) is 3.24. The topological polar surface area (TPSA) is 179 Å². The van der Waals surface area contributed by atoms with E-state index in [-0.39, 0.29) is 23.1 Å². The molecule has 10 N–H and O–H groups in total. The third-order valence-corrected chi connectivity index (χ3v) is 8.56. The minimum Gasteiger partial charge on any atom is -0.382 e. The highest BCUT2D eigenvalue weighted by molar-refractivity contribution is 6.31. The van der Waals surface area contributed by atoms with Crippen LogP contribution in [0.25, 0.3) is 17.5 Å². The molecule has 1 aliphatic rings. The van der Waals surface area contributed by atoms with Gasteiger partial charge < -0.3 is 42.8 Å². The van der Waals surface area contributed by atoms with E-state index in [2.05, 4.69) is 30.6 Å². The van der Waals surface area contributed by atoms with Crippen LogP contribution < -0.4 is 43.4 Å². The van der Waals surface area contributed by atoms with E-state index in [1.807, 2.05) is 62.5 Å². The Morgan fingerprint density at radius 1 is 1.15 bits per heavy atom. The summed E-state index contributed by atoms with van der Waals surface area (Å²) in [4.78, 5) is 17.6. The Balaban J connectivity index is 1.27. The maximum atomic E-state index is 15.2. The van der Waals surface area contributed by atoms with Crippen molar-refractivity contribution in [1.82, 2.24) is 15.3 Å². The quantitative estimate of drug-likeness (QED) is 0.0742. The molecule has 1 unspecified atom stereocenters. The Hall–Kier alpha value is -4.49. The summed E-state index contributed by atoms with van der Waals surface area (Å²) in [5, 5.41) is 18.8. The minimum absolute atomic E-state index is 0.0629. The summed E-state index contributed by atoms with van der Waals surface area (Å²) >= 11 is 6.28. The number of nitrogens with one attached hydrogen (secondary N) is 3. The molecule has 3 heterocycles. The van der Waals surface area contributed by atoms with Gasteiger partial charge >= 0.3 is 0 Å². The molecule has 0 bridgehead atoms. The maximum Gasteiger partial charge on any atom is 0.231 e. The number of fused-ring (bicyclic) bond motifs is 1. The van der Waals surface area contributed by atoms with Crippen molar-refractivity contribution in [2.75, 3.05) is 23.3 Å². The number of hydrogen-bond acceptors (Lipinski definition) is 8. The van der Waals surface area contributed by atoms with Gasteiger partial charge in [0.2, 0.25) is 6.35 Å². The highest BCUT2D eigenvalue weighted by atomic mass is 35.5. The van der Waals surface area contributed by atoms with Crippen molar-refractivity contribution in [3.05, 3.63) is 99.2 Å². The Morgan fingerprint density at radius 2 is 1.94 bits per heavy atom. The van der Waals surface area contributed by atoms with Crippen molar-refractivity contribution in [3.8, 4) is 11.3 Å². The van der Waals surface area contributed by atoms with Crippen molar-refractivity contribution in [2.45, 2.75) is 64.5 Å². The standard InChI is InChI=1S/C35H44ClFN10O/c1-21-10-12-41-19-31(21)44-18-26(11-13-42-34(39)40)43-17-23-6-8-27(9-7-23)47-20-25-16-30(45-33(25)46-35(47)48)28-14-24(5-3-4-22(2)38)15-29(36)32(28)37/h6-10,12,14-16,19-20,22,26,35,43-44,48H,3-5,11,13,17-18,38H2,1-2H3,(H,45,46)(H4,39,40,42)/t22-,26+,35?/m0/s1. The van der Waals surface area contributed by atoms with Crippen LogP contribution in [0, 0.1) is 12.7 Å². The fraction of sp³-hybridized carbons (Fsp3) is 0.343. The number of nitrogens with two attached hydrogens (primary N) is 3. The molecular weight excluding hydrogens is 631 g/mol. The lowest BCUT2D eigenvalue weighted by Crippen LogP contribution is -2.41. The normalized spacial score (nSPS) is 15.2. The molecule has 254 valence electrons. The number of H-pyrrole nitrogens is 1. The number of rotatable bonds is 15. The number of anilines is 2. The van der Waals surface area contributed by atoms with E-state index < -0.39 is 12.2 Å². The Morgan fingerprint density at radius 3 is 2.67 bits per heavy atom. The number of aromatic amines is 1. The van der Waals surface area contributed by atoms with E-state index in [1.54, 1.807) is 23.4 Å². The summed E-state index contributed by atoms with van der Waals surface area (Å²) in [7, 11) is 0. The van der Waals surface area contributed by atoms with Crippen LogP contribution in [0.3, 0.4) is 0 Å². The molecule has 0 radical (unpaired) electrons. The first kappa shape index (κ1) is 34.8. The molecule has 0 fully saturated rings. The average molecular weight is 675 g/mol. The van der Waals surface area contributed by atoms with Crippen molar-refractivity contribution in [3.63, 3.8) is 0 Å². The third-order valence-electron chi connectivity index (χ3n) is 8.28. The number of aliphatic imine (C=N–C) groups is 1. The monoisotopic (exact) mass is 674 g/mol. The third kappa shape index (κ3) is 9.10. The summed E-state index contributed by atoms with van der Waals surface area (Å²) in [5.74, 6) is -0.435. The first-order chi connectivity index (χ1) is 23.1. The summed E-state index contributed by atoms with van der Waals surface area (Å²) in [6, 6.07) is 15.3. The predicted molar refractivity (Wildman–Crippen MR) is 191 cm³/mol. The number of benzene rings is 2. The zero-order valence-corrected chi connectivity index (χ0v) is 28.0. The molecule has 2 aromatic heterocycles. The van der Waals surface area contributed by atoms with Gasteiger partial charge in [0.1, 0.15) is 5.49 Å². The molecule has 0 saturated heterocycles. The molecule has 0 saturated carbocycles. The molecule has 1 aliphatic heterocycles. The number of nitrogens with zero attached hydrogens (tertiary/aromatic N) is 4. The molecule has 48 heavy (non-hydrogen) atoms. The molecular formula is C35H44ClFN10O. The van der Waals surface area contributed by atoms with Gasteiger partial charge in [-0.3, -0.25) is 9.98 Å². The van der Waals surface area contributed by atoms with Crippen LogP contribution in [0.5, 0.6) is 0 Å². The summed E-state index contributed by atoms with van der Waals surface area (Å²) in [6.45, 7) is 5.78. The number of aliphatic hydroxyl groups excluding tert-OH is 1. The number of hydrogen-bond donors (Lipinski definition) is 7. The zero-order valence-electron chi connectivity index (χ0n) is 27.3. The van der Waals surface area contributed by atoms with Crippen molar-refractivity contribution < 1.29 is 9.50 Å². The van der Waals surface area contributed by atoms with Gasteiger partial charge in [0.25, 0.3) is 0 Å². The largest absolute Gasteiger partial charge is 0.382 e. The van der Waals surface area contributed by atoms with E-state index in [4.69, 9.17) is 28.8 Å². The van der Waals surface area contributed by atoms with Crippen LogP contribution in [0.4, 0.5) is 15.8 Å². The van der Waals surface area contributed by atoms with Gasteiger partial charge in [-0.1, -0.05) is 23.7 Å². The van der Waals surface area contributed by atoms with Crippen molar-refractivity contribution in [2.24, 2.45) is 27.2 Å². The molecule has 2 aromatic carbocycles. The Kier molecular flexibility index (Phi) is 11.7. The van der Waals surface area contributed by atoms with Gasteiger partial charge in [-0.25, -0.2) is 9.38 Å². The summed E-state index contributed by atoms with van der Waals surface area (Å²) < 4.78 is 15.2. The van der Waals surface area contributed by atoms with E-state index in [1.165, 1.54) is 0 Å². The van der Waals surface area contributed by atoms with E-state index in [0.29, 0.717) is 36.4 Å². The second-order valence-corrected chi connectivity index (χ2v) is 12.6. The van der Waals surface area contributed by atoms with Crippen molar-refractivity contribution >= 4 is 35.1 Å². The van der Waals surface area contributed by atoms with Crippen LogP contribution in [0.15, 0.2) is 70.9 Å². The number of guanidine groups is 1. The Bertz CT molecular complexity index is 1840. The van der Waals surface area contributed by atoms with Gasteiger partial charge in [-0.05, 0) is 92.6 Å². The van der Waals surface area contributed by atoms with Crippen LogP contribution in [0.2, 0.25) is 5.02 Å². The second-order valence-electron chi connectivity index (χ2n) is 12.2. The number of aryl methyl sites for hydroxylation is 2. The lowest BCUT2D eigenvalue weighted by Gasteiger charge is -2.25. The molecule has 13 heteroatoms. The smallest absolute Gasteiger partial charge is 0.231 e.